The molecule has 2 atom stereocenters. The van der Waals surface area contributed by atoms with Gasteiger partial charge < -0.3 is 31.8 Å². The summed E-state index contributed by atoms with van der Waals surface area (Å²) in [4.78, 5) is 63.9. The van der Waals surface area contributed by atoms with E-state index in [9.17, 15) is 24.0 Å². The molecule has 0 radical (unpaired) electrons. The Bertz CT molecular complexity index is 1300. The van der Waals surface area contributed by atoms with E-state index in [4.69, 9.17) is 31.8 Å². The number of fused-ring (bicyclic) bond motifs is 2. The number of aliphatic carboxylic acids is 2. The molecule has 32 heavy (non-hydrogen) atoms. The summed E-state index contributed by atoms with van der Waals surface area (Å²) in [7, 11) is 0. The Morgan fingerprint density at radius 2 is 1.59 bits per heavy atom. The van der Waals surface area contributed by atoms with Crippen LogP contribution in [0.5, 0.6) is 0 Å². The number of nitrogens with zero attached hydrogens (tertiary/aromatic N) is 1. The van der Waals surface area contributed by atoms with Crippen LogP contribution in [-0.2, 0) is 9.59 Å². The van der Waals surface area contributed by atoms with Crippen LogP contribution in [0.2, 0.25) is 0 Å². The maximum atomic E-state index is 12.7. The normalized spacial score (nSPS) is 13.1. The fourth-order valence-electron chi connectivity index (χ4n) is 3.07. The molecule has 1 aromatic carbocycles. The highest BCUT2D eigenvalue weighted by molar-refractivity contribution is 6.10. The summed E-state index contributed by atoms with van der Waals surface area (Å²) >= 11 is 0. The summed E-state index contributed by atoms with van der Waals surface area (Å²) in [6, 6.07) is 2.33. The van der Waals surface area contributed by atoms with Crippen LogP contribution in [-0.4, -0.2) is 50.8 Å². The Morgan fingerprint density at radius 1 is 1.00 bits per heavy atom. The van der Waals surface area contributed by atoms with E-state index in [0.29, 0.717) is 0 Å². The zero-order valence-corrected chi connectivity index (χ0v) is 16.4. The highest BCUT2D eigenvalue weighted by atomic mass is 16.4. The first-order valence-corrected chi connectivity index (χ1v) is 9.20. The average molecular weight is 442 g/mol. The van der Waals surface area contributed by atoms with E-state index in [-0.39, 0.29) is 33.7 Å². The van der Waals surface area contributed by atoms with Gasteiger partial charge in [0.25, 0.3) is 0 Å². The number of benzene rings is 2. The molecule has 0 bridgehead atoms. The minimum Gasteiger partial charge on any atom is -0.480 e. The van der Waals surface area contributed by atoms with Crippen LogP contribution in [0.3, 0.4) is 0 Å². The number of carboxylic acids is 2. The number of carbonyl (C=O) groups is 4. The van der Waals surface area contributed by atoms with Crippen LogP contribution in [0.1, 0.15) is 33.6 Å². The number of nitrogens with two attached hydrogens (primary N) is 3. The molecule has 0 amide bonds. The lowest BCUT2D eigenvalue weighted by molar-refractivity contribution is -0.139. The van der Waals surface area contributed by atoms with Crippen molar-refractivity contribution in [3.8, 4) is 11.5 Å². The third-order valence-corrected chi connectivity index (χ3v) is 4.73. The number of hydrogen-bond donors (Lipinski definition) is 5. The van der Waals surface area contributed by atoms with E-state index < -0.39 is 59.5 Å². The number of ketones is 2. The van der Waals surface area contributed by atoms with E-state index >= 15 is 0 Å². The first-order chi connectivity index (χ1) is 15.0. The summed E-state index contributed by atoms with van der Waals surface area (Å²) in [6.45, 7) is 0. The standard InChI is InChI=1S/C20H18N4O8/c21-8(19(28)29)4-10(25)7-2-1-3-13-17(7)24-18-14(32-13)6-12(27)16(23)15(18)11(26)5-9(22)20(30)31/h1-3,6,8-9H,4-5,21-23H2,(H,28,29)(H,30,31)/t8-,9-/m0/s1. The molecule has 1 aliphatic heterocycles. The Balaban J connectivity index is 2.22. The van der Waals surface area contributed by atoms with E-state index in [1.807, 2.05) is 0 Å². The molecule has 8 N–H and O–H groups in total. The van der Waals surface area contributed by atoms with Gasteiger partial charge in [-0.1, -0.05) is 6.07 Å². The molecule has 12 nitrogen and oxygen atoms in total. The van der Waals surface area contributed by atoms with Gasteiger partial charge in [-0.2, -0.15) is 0 Å². The molecule has 3 rings (SSSR count). The molecule has 12 heteroatoms. The fourth-order valence-corrected chi connectivity index (χ4v) is 3.07. The number of rotatable bonds is 8. The minimum atomic E-state index is -1.54. The zero-order valence-electron chi connectivity index (χ0n) is 16.4. The van der Waals surface area contributed by atoms with E-state index in [0.717, 1.165) is 6.07 Å². The second kappa shape index (κ2) is 8.53. The number of hydrogen-bond acceptors (Lipinski definition) is 10. The van der Waals surface area contributed by atoms with Crippen LogP contribution in [0.4, 0.5) is 5.69 Å². The van der Waals surface area contributed by atoms with Crippen molar-refractivity contribution in [1.29, 1.82) is 0 Å². The molecule has 0 spiro atoms. The van der Waals surface area contributed by atoms with Gasteiger partial charge in [0.1, 0.15) is 23.3 Å². The van der Waals surface area contributed by atoms with E-state index in [1.165, 1.54) is 18.2 Å². The molecule has 0 saturated heterocycles. The van der Waals surface area contributed by atoms with Gasteiger partial charge in [-0.05, 0) is 12.1 Å². The lowest BCUT2D eigenvalue weighted by atomic mass is 9.97. The summed E-state index contributed by atoms with van der Waals surface area (Å²) in [6.07, 6.45) is -1.18. The highest BCUT2D eigenvalue weighted by Gasteiger charge is 2.28. The number of aromatic nitrogens is 1. The highest BCUT2D eigenvalue weighted by Crippen LogP contribution is 2.32. The Morgan fingerprint density at radius 3 is 2.19 bits per heavy atom. The van der Waals surface area contributed by atoms with Gasteiger partial charge in [0.15, 0.2) is 22.9 Å². The van der Waals surface area contributed by atoms with Crippen LogP contribution < -0.4 is 22.6 Å². The lowest BCUT2D eigenvalue weighted by Crippen LogP contribution is -2.33. The maximum absolute atomic E-state index is 12.7. The van der Waals surface area contributed by atoms with Crippen molar-refractivity contribution in [2.75, 3.05) is 5.73 Å². The monoisotopic (exact) mass is 442 g/mol. The molecular formula is C20H18N4O8. The second-order valence-corrected chi connectivity index (χ2v) is 7.02. The van der Waals surface area contributed by atoms with Crippen molar-refractivity contribution in [3.63, 3.8) is 0 Å². The SMILES string of the molecule is Nc1c(C(=O)C[C@H](N)C(=O)O)c2nc3c(C(=O)C[C@H](N)C(=O)O)cccc3oc-2cc1=O. The predicted octanol–water partition coefficient (Wildman–Crippen LogP) is -0.156. The molecular weight excluding hydrogens is 424 g/mol. The first kappa shape index (κ1) is 22.5. The third kappa shape index (κ3) is 4.17. The van der Waals surface area contributed by atoms with Gasteiger partial charge in [0, 0.05) is 24.5 Å². The Hall–Kier alpha value is -4.16. The first-order valence-electron chi connectivity index (χ1n) is 9.20. The van der Waals surface area contributed by atoms with Crippen LogP contribution in [0, 0.1) is 0 Å². The molecule has 0 saturated carbocycles. The molecule has 1 aromatic rings. The molecule has 0 aromatic heterocycles. The van der Waals surface area contributed by atoms with Crippen molar-refractivity contribution in [3.05, 3.63) is 45.6 Å². The quantitative estimate of drug-likeness (QED) is 0.174. The molecule has 0 fully saturated rings. The molecule has 1 aliphatic carbocycles. The number of carboxylic acid groups (broad SMARTS) is 2. The van der Waals surface area contributed by atoms with Crippen molar-refractivity contribution in [2.45, 2.75) is 24.9 Å². The van der Waals surface area contributed by atoms with Gasteiger partial charge in [-0.3, -0.25) is 24.0 Å². The van der Waals surface area contributed by atoms with Gasteiger partial charge in [-0.25, -0.2) is 4.98 Å². The number of para-hydroxylation sites is 1. The number of Topliss-reactive ketones (excluding diaryl/α,β-unsaturated/α-hetero) is 2. The van der Waals surface area contributed by atoms with Crippen molar-refractivity contribution < 1.29 is 33.8 Å². The van der Waals surface area contributed by atoms with Crippen molar-refractivity contribution in [2.24, 2.45) is 11.5 Å². The minimum absolute atomic E-state index is 0.0165. The van der Waals surface area contributed by atoms with Crippen LogP contribution >= 0.6 is 0 Å². The largest absolute Gasteiger partial charge is 0.480 e. The van der Waals surface area contributed by atoms with Gasteiger partial charge in [-0.15, -0.1) is 0 Å². The lowest BCUT2D eigenvalue weighted by Gasteiger charge is -2.15. The summed E-state index contributed by atoms with van der Waals surface area (Å²) in [5, 5.41) is 17.9. The zero-order chi connectivity index (χ0) is 23.7. The van der Waals surface area contributed by atoms with E-state index in [1.54, 1.807) is 0 Å². The number of anilines is 1. The van der Waals surface area contributed by atoms with Gasteiger partial charge >= 0.3 is 11.9 Å². The second-order valence-electron chi connectivity index (χ2n) is 7.02. The smallest absolute Gasteiger partial charge is 0.320 e. The van der Waals surface area contributed by atoms with Gasteiger partial charge in [0.05, 0.1) is 11.3 Å². The Labute approximate surface area is 179 Å². The number of carbonyl (C=O) groups excluding carboxylic acids is 2. The topological polar surface area (TPSA) is 230 Å². The molecule has 0 unspecified atom stereocenters. The van der Waals surface area contributed by atoms with E-state index in [2.05, 4.69) is 4.98 Å². The van der Waals surface area contributed by atoms with Crippen molar-refractivity contribution >= 4 is 40.3 Å². The van der Waals surface area contributed by atoms with Gasteiger partial charge in [0.2, 0.25) is 5.43 Å². The number of nitrogen functional groups attached to an aromatic ring is 1. The van der Waals surface area contributed by atoms with Crippen LogP contribution in [0.15, 0.2) is 33.5 Å². The molecule has 1 heterocycles. The molecule has 2 aliphatic rings. The van der Waals surface area contributed by atoms with Crippen molar-refractivity contribution in [1.82, 2.24) is 4.98 Å². The third-order valence-electron chi connectivity index (χ3n) is 4.73. The summed E-state index contributed by atoms with van der Waals surface area (Å²) in [5.41, 5.74) is 14.9. The molecule has 166 valence electrons. The summed E-state index contributed by atoms with van der Waals surface area (Å²) < 4.78 is 5.65. The predicted molar refractivity (Wildman–Crippen MR) is 110 cm³/mol. The Kier molecular flexibility index (Phi) is 6.00. The summed E-state index contributed by atoms with van der Waals surface area (Å²) in [5.74, 6) is -4.39. The maximum Gasteiger partial charge on any atom is 0.320 e. The fraction of sp³-hybridized carbons (Fsp3) is 0.200. The van der Waals surface area contributed by atoms with Crippen LogP contribution in [0.25, 0.3) is 22.6 Å². The average Bonchev–Trinajstić information content (AvgIpc) is 2.72.